The summed E-state index contributed by atoms with van der Waals surface area (Å²) in [4.78, 5) is 34.7. The first kappa shape index (κ1) is 25.4. The Bertz CT molecular complexity index is 448. The first-order valence-corrected chi connectivity index (χ1v) is 10.3. The molecule has 2 N–H and O–H groups in total. The van der Waals surface area contributed by atoms with E-state index >= 15 is 0 Å². The molecule has 0 aromatic heterocycles. The summed E-state index contributed by atoms with van der Waals surface area (Å²) in [7, 11) is 1.17. The van der Waals surface area contributed by atoms with Crippen LogP contribution in [0.3, 0.4) is 0 Å². The SMILES string of the molecule is CCCCCCCCCCCCC[C@](C)(C(=O)O)[C@H](CC(=O)OC)C(=O)O. The number of unbranched alkanes of at least 4 members (excludes halogenated alkanes) is 10. The van der Waals surface area contributed by atoms with Gasteiger partial charge in [-0.2, -0.15) is 0 Å². The summed E-state index contributed by atoms with van der Waals surface area (Å²) < 4.78 is 4.52. The zero-order valence-corrected chi connectivity index (χ0v) is 17.3. The van der Waals surface area contributed by atoms with E-state index < -0.39 is 35.7 Å². The number of hydrogen-bond acceptors (Lipinski definition) is 4. The monoisotopic (exact) mass is 386 g/mol. The Kier molecular flexibility index (Phi) is 13.6. The van der Waals surface area contributed by atoms with Gasteiger partial charge in [-0.25, -0.2) is 0 Å². The van der Waals surface area contributed by atoms with Gasteiger partial charge >= 0.3 is 17.9 Å². The molecule has 6 nitrogen and oxygen atoms in total. The number of carbonyl (C=O) groups is 3. The Labute approximate surface area is 163 Å². The Hall–Kier alpha value is -1.59. The minimum Gasteiger partial charge on any atom is -0.481 e. The molecule has 0 saturated carbocycles. The van der Waals surface area contributed by atoms with Gasteiger partial charge in [0.25, 0.3) is 0 Å². The maximum atomic E-state index is 11.7. The highest BCUT2D eigenvalue weighted by Gasteiger charge is 2.46. The highest BCUT2D eigenvalue weighted by atomic mass is 16.5. The van der Waals surface area contributed by atoms with E-state index in [0.29, 0.717) is 6.42 Å². The topological polar surface area (TPSA) is 101 Å². The molecule has 0 aliphatic carbocycles. The van der Waals surface area contributed by atoms with Gasteiger partial charge in [0.1, 0.15) is 0 Å². The van der Waals surface area contributed by atoms with Gasteiger partial charge < -0.3 is 14.9 Å². The lowest BCUT2D eigenvalue weighted by Gasteiger charge is -2.30. The zero-order valence-electron chi connectivity index (χ0n) is 17.3. The maximum absolute atomic E-state index is 11.7. The summed E-state index contributed by atoms with van der Waals surface area (Å²) in [5.41, 5.74) is -1.47. The average molecular weight is 387 g/mol. The highest BCUT2D eigenvalue weighted by molar-refractivity contribution is 5.86. The van der Waals surface area contributed by atoms with Gasteiger partial charge in [-0.1, -0.05) is 77.6 Å². The van der Waals surface area contributed by atoms with E-state index in [2.05, 4.69) is 11.7 Å². The molecular weight excluding hydrogens is 348 g/mol. The van der Waals surface area contributed by atoms with Crippen molar-refractivity contribution in [1.29, 1.82) is 0 Å². The van der Waals surface area contributed by atoms with Crippen LogP contribution in [0.25, 0.3) is 0 Å². The first-order chi connectivity index (χ1) is 12.8. The van der Waals surface area contributed by atoms with Crippen molar-refractivity contribution in [2.45, 2.75) is 97.3 Å². The second kappa shape index (κ2) is 14.5. The molecular formula is C21H38O6. The van der Waals surface area contributed by atoms with E-state index in [1.165, 1.54) is 59.0 Å². The summed E-state index contributed by atoms with van der Waals surface area (Å²) in [6.07, 6.45) is 12.4. The molecule has 6 heteroatoms. The third-order valence-corrected chi connectivity index (χ3v) is 5.45. The Morgan fingerprint density at radius 1 is 0.852 bits per heavy atom. The van der Waals surface area contributed by atoms with Crippen LogP contribution in [0.5, 0.6) is 0 Å². The first-order valence-electron chi connectivity index (χ1n) is 10.3. The van der Waals surface area contributed by atoms with Gasteiger partial charge in [0.15, 0.2) is 0 Å². The number of ether oxygens (including phenoxy) is 1. The van der Waals surface area contributed by atoms with Gasteiger partial charge in [0, 0.05) is 0 Å². The molecule has 0 aromatic rings. The van der Waals surface area contributed by atoms with E-state index in [9.17, 15) is 24.6 Å². The molecule has 0 saturated heterocycles. The fraction of sp³-hybridized carbons (Fsp3) is 0.857. The van der Waals surface area contributed by atoms with Crippen molar-refractivity contribution >= 4 is 17.9 Å². The molecule has 0 fully saturated rings. The number of methoxy groups -OCH3 is 1. The summed E-state index contributed by atoms with van der Waals surface area (Å²) >= 11 is 0. The lowest BCUT2D eigenvalue weighted by Crippen LogP contribution is -2.41. The van der Waals surface area contributed by atoms with Crippen LogP contribution in [0.1, 0.15) is 97.3 Å². The zero-order chi connectivity index (χ0) is 20.7. The van der Waals surface area contributed by atoms with Crippen LogP contribution in [-0.4, -0.2) is 35.2 Å². The summed E-state index contributed by atoms with van der Waals surface area (Å²) in [6.45, 7) is 3.64. The standard InChI is InChI=1S/C21H38O6/c1-4-5-6-7-8-9-10-11-12-13-14-15-21(2,20(25)26)17(19(23)24)16-18(22)27-3/h17H,4-16H2,1-3H3,(H,23,24)(H,25,26)/t17-,21+/m1/s1. The molecule has 2 atom stereocenters. The van der Waals surface area contributed by atoms with Crippen LogP contribution in [0.4, 0.5) is 0 Å². The van der Waals surface area contributed by atoms with Crippen molar-refractivity contribution in [3.8, 4) is 0 Å². The van der Waals surface area contributed by atoms with Gasteiger partial charge in [-0.15, -0.1) is 0 Å². The van der Waals surface area contributed by atoms with Crippen molar-refractivity contribution < 1.29 is 29.3 Å². The Morgan fingerprint density at radius 3 is 1.67 bits per heavy atom. The van der Waals surface area contributed by atoms with E-state index in [-0.39, 0.29) is 6.42 Å². The largest absolute Gasteiger partial charge is 0.481 e. The number of rotatable bonds is 17. The highest BCUT2D eigenvalue weighted by Crippen LogP contribution is 2.36. The van der Waals surface area contributed by atoms with E-state index in [1.807, 2.05) is 0 Å². The van der Waals surface area contributed by atoms with Crippen molar-refractivity contribution in [3.05, 3.63) is 0 Å². The smallest absolute Gasteiger partial charge is 0.310 e. The minimum atomic E-state index is -1.47. The van der Waals surface area contributed by atoms with Crippen LogP contribution in [0, 0.1) is 11.3 Å². The average Bonchev–Trinajstić information content (AvgIpc) is 2.63. The molecule has 0 spiro atoms. The van der Waals surface area contributed by atoms with Crippen LogP contribution in [0.2, 0.25) is 0 Å². The third-order valence-electron chi connectivity index (χ3n) is 5.45. The number of carboxylic acid groups (broad SMARTS) is 2. The molecule has 158 valence electrons. The molecule has 0 aliphatic rings. The lowest BCUT2D eigenvalue weighted by atomic mass is 9.71. The van der Waals surface area contributed by atoms with Gasteiger partial charge in [-0.3, -0.25) is 14.4 Å². The van der Waals surface area contributed by atoms with Crippen molar-refractivity contribution in [3.63, 3.8) is 0 Å². The molecule has 0 heterocycles. The van der Waals surface area contributed by atoms with Gasteiger partial charge in [0.05, 0.1) is 24.9 Å². The molecule has 0 bridgehead atoms. The minimum absolute atomic E-state index is 0.243. The van der Waals surface area contributed by atoms with E-state index in [4.69, 9.17) is 0 Å². The van der Waals surface area contributed by atoms with Crippen molar-refractivity contribution in [2.75, 3.05) is 7.11 Å². The number of hydrogen-bond donors (Lipinski definition) is 2. The van der Waals surface area contributed by atoms with Gasteiger partial charge in [0.2, 0.25) is 0 Å². The molecule has 0 rings (SSSR count). The lowest BCUT2D eigenvalue weighted by molar-refractivity contribution is -0.165. The number of esters is 1. The summed E-state index contributed by atoms with van der Waals surface area (Å²) in [5, 5.41) is 19.0. The summed E-state index contributed by atoms with van der Waals surface area (Å²) in [6, 6.07) is 0. The van der Waals surface area contributed by atoms with E-state index in [1.54, 1.807) is 0 Å². The van der Waals surface area contributed by atoms with Crippen molar-refractivity contribution in [2.24, 2.45) is 11.3 Å². The molecule has 0 unspecified atom stereocenters. The molecule has 27 heavy (non-hydrogen) atoms. The molecule has 0 radical (unpaired) electrons. The summed E-state index contributed by atoms with van der Waals surface area (Å²) in [5.74, 6) is -4.43. The Balaban J connectivity index is 4.25. The number of aliphatic carboxylic acids is 2. The molecule has 0 aliphatic heterocycles. The normalized spacial score (nSPS) is 14.3. The quantitative estimate of drug-likeness (QED) is 0.268. The van der Waals surface area contributed by atoms with Crippen LogP contribution in [-0.2, 0) is 19.1 Å². The Morgan fingerprint density at radius 2 is 1.30 bits per heavy atom. The molecule has 0 aromatic carbocycles. The van der Waals surface area contributed by atoms with Crippen LogP contribution < -0.4 is 0 Å². The molecule has 0 amide bonds. The number of carbonyl (C=O) groups excluding carboxylic acids is 1. The number of carboxylic acids is 2. The predicted octanol–water partition coefficient (Wildman–Crippen LogP) is 5.04. The second-order valence-corrected chi connectivity index (χ2v) is 7.68. The fourth-order valence-electron chi connectivity index (χ4n) is 3.42. The van der Waals surface area contributed by atoms with E-state index in [0.717, 1.165) is 19.3 Å². The maximum Gasteiger partial charge on any atom is 0.310 e. The fourth-order valence-corrected chi connectivity index (χ4v) is 3.42. The van der Waals surface area contributed by atoms with Crippen LogP contribution in [0.15, 0.2) is 0 Å². The van der Waals surface area contributed by atoms with Crippen LogP contribution >= 0.6 is 0 Å². The predicted molar refractivity (Wildman–Crippen MR) is 105 cm³/mol. The van der Waals surface area contributed by atoms with Gasteiger partial charge in [-0.05, 0) is 13.3 Å². The third kappa shape index (κ3) is 10.4. The second-order valence-electron chi connectivity index (χ2n) is 7.68. The van der Waals surface area contributed by atoms with Crippen molar-refractivity contribution in [1.82, 2.24) is 0 Å².